The smallest absolute Gasteiger partial charge is 0.336 e. The van der Waals surface area contributed by atoms with E-state index >= 15 is 0 Å². The van der Waals surface area contributed by atoms with Crippen LogP contribution in [0.2, 0.25) is 0 Å². The number of aromatic carboxylic acids is 1. The number of benzene rings is 5. The van der Waals surface area contributed by atoms with E-state index in [0.717, 1.165) is 38.9 Å². The number of aromatic nitrogens is 2. The largest absolute Gasteiger partial charge is 0.478 e. The number of rotatable bonds is 11. The molecule has 3 N–H and O–H groups in total. The molecule has 0 aliphatic carbocycles. The van der Waals surface area contributed by atoms with Gasteiger partial charge in [0.1, 0.15) is 5.69 Å². The first-order valence-electron chi connectivity index (χ1n) is 17.0. The second-order valence-corrected chi connectivity index (χ2v) is 13.7. The Hall–Kier alpha value is -5.39. The van der Waals surface area contributed by atoms with Crippen LogP contribution in [0.3, 0.4) is 0 Å². The molecule has 1 aliphatic rings. The molecule has 1 amide bonds. The van der Waals surface area contributed by atoms with Gasteiger partial charge in [0.15, 0.2) is 6.29 Å². The molecule has 5 aromatic carbocycles. The lowest BCUT2D eigenvalue weighted by Gasteiger charge is -2.41. The van der Waals surface area contributed by atoms with Gasteiger partial charge < -0.3 is 25.0 Å². The first-order valence-corrected chi connectivity index (χ1v) is 18.0. The van der Waals surface area contributed by atoms with Crippen LogP contribution in [0.25, 0.3) is 22.2 Å². The van der Waals surface area contributed by atoms with Gasteiger partial charge in [-0.25, -0.2) is 9.78 Å². The zero-order chi connectivity index (χ0) is 36.0. The van der Waals surface area contributed by atoms with Crippen LogP contribution in [-0.2, 0) is 22.6 Å². The van der Waals surface area contributed by atoms with Crippen molar-refractivity contribution < 1.29 is 29.3 Å². The van der Waals surface area contributed by atoms with Crippen molar-refractivity contribution in [3.63, 3.8) is 0 Å². The van der Waals surface area contributed by atoms with E-state index in [-0.39, 0.29) is 41.9 Å². The predicted octanol–water partition coefficient (Wildman–Crippen LogP) is 8.00. The highest BCUT2D eigenvalue weighted by Crippen LogP contribution is 2.43. The van der Waals surface area contributed by atoms with Crippen molar-refractivity contribution in [2.45, 2.75) is 43.5 Å². The summed E-state index contributed by atoms with van der Waals surface area (Å²) in [5.41, 5.74) is 7.52. The van der Waals surface area contributed by atoms with Gasteiger partial charge in [0.05, 0.1) is 41.6 Å². The Morgan fingerprint density at radius 2 is 1.52 bits per heavy atom. The number of ether oxygens (including phenoxy) is 2. The Morgan fingerprint density at radius 1 is 0.788 bits per heavy atom. The second-order valence-electron chi connectivity index (χ2n) is 12.7. The van der Waals surface area contributed by atoms with Crippen LogP contribution in [0, 0.1) is 5.92 Å². The highest BCUT2D eigenvalue weighted by atomic mass is 32.2. The fourth-order valence-corrected chi connectivity index (χ4v) is 7.50. The van der Waals surface area contributed by atoms with Crippen molar-refractivity contribution in [3.05, 3.63) is 161 Å². The molecule has 262 valence electrons. The standard InChI is InChI=1S/C42H37N3O6S/c1-26-37(25-52-38-12-5-2-9-33(38)41(48)49)50-42(51-39(26)30-15-13-27(24-46)14-16-30)31-19-17-29(18-20-31)32-8-6-7-28(21-32)22-44-40(47)36-23-43-34-10-3-4-11-35(34)45-36/h2-21,23,26,37,39,42,46H,22,24-25H2,1H3,(H,44,47)(H,48,49). The van der Waals surface area contributed by atoms with Crippen LogP contribution in [-0.4, -0.2) is 43.9 Å². The maximum Gasteiger partial charge on any atom is 0.336 e. The molecule has 0 saturated carbocycles. The van der Waals surface area contributed by atoms with E-state index in [4.69, 9.17) is 9.47 Å². The van der Waals surface area contributed by atoms with Gasteiger partial charge in [0.25, 0.3) is 5.91 Å². The second kappa shape index (κ2) is 15.9. The van der Waals surface area contributed by atoms with E-state index in [9.17, 15) is 19.8 Å². The fraction of sp³-hybridized carbons (Fsp3) is 0.190. The zero-order valence-electron chi connectivity index (χ0n) is 28.4. The first-order chi connectivity index (χ1) is 25.4. The number of carbonyl (C=O) groups excluding carboxylic acids is 1. The van der Waals surface area contributed by atoms with Crippen molar-refractivity contribution >= 4 is 34.7 Å². The Labute approximate surface area is 305 Å². The molecule has 52 heavy (non-hydrogen) atoms. The SMILES string of the molecule is CC1C(CSc2ccccc2C(=O)O)OC(c2ccc(-c3cccc(CNC(=O)c4cnc5ccccc5n4)c3)cc2)OC1c1ccc(CO)cc1. The predicted molar refractivity (Wildman–Crippen MR) is 200 cm³/mol. The maximum absolute atomic E-state index is 12.9. The Kier molecular flexibility index (Phi) is 10.7. The van der Waals surface area contributed by atoms with E-state index in [1.165, 1.54) is 18.0 Å². The van der Waals surface area contributed by atoms with Crippen LogP contribution in [0.15, 0.2) is 132 Å². The van der Waals surface area contributed by atoms with Gasteiger partial charge in [-0.2, -0.15) is 0 Å². The van der Waals surface area contributed by atoms with Gasteiger partial charge >= 0.3 is 5.97 Å². The van der Waals surface area contributed by atoms with E-state index in [2.05, 4.69) is 22.2 Å². The number of nitrogens with one attached hydrogen (secondary N) is 1. The number of carboxylic acid groups (broad SMARTS) is 1. The molecule has 1 saturated heterocycles. The van der Waals surface area contributed by atoms with Crippen LogP contribution < -0.4 is 5.32 Å². The van der Waals surface area contributed by atoms with E-state index in [1.54, 1.807) is 12.1 Å². The molecule has 1 aliphatic heterocycles. The molecule has 2 heterocycles. The molecular weight excluding hydrogens is 675 g/mol. The number of amides is 1. The van der Waals surface area contributed by atoms with Gasteiger partial charge in [0.2, 0.25) is 0 Å². The number of para-hydroxylation sites is 2. The minimum atomic E-state index is -0.963. The third-order valence-electron chi connectivity index (χ3n) is 9.22. The number of thioether (sulfide) groups is 1. The minimum absolute atomic E-state index is 0.0419. The molecular formula is C42H37N3O6S. The Morgan fingerprint density at radius 3 is 2.29 bits per heavy atom. The summed E-state index contributed by atoms with van der Waals surface area (Å²) in [6.45, 7) is 2.38. The molecule has 1 fully saturated rings. The summed E-state index contributed by atoms with van der Waals surface area (Å²) in [7, 11) is 0. The number of carboxylic acids is 1. The van der Waals surface area contributed by atoms with Crippen LogP contribution in [0.1, 0.15) is 62.4 Å². The quantitative estimate of drug-likeness (QED) is 0.114. The van der Waals surface area contributed by atoms with Crippen molar-refractivity contribution in [2.75, 3.05) is 5.75 Å². The summed E-state index contributed by atoms with van der Waals surface area (Å²) in [6.07, 6.45) is 0.289. The van der Waals surface area contributed by atoms with Crippen molar-refractivity contribution in [2.24, 2.45) is 5.92 Å². The maximum atomic E-state index is 12.9. The normalized spacial score (nSPS) is 18.6. The van der Waals surface area contributed by atoms with E-state index in [1.807, 2.05) is 109 Å². The number of fused-ring (bicyclic) bond motifs is 1. The Balaban J connectivity index is 1.07. The average Bonchev–Trinajstić information content (AvgIpc) is 3.19. The van der Waals surface area contributed by atoms with Crippen molar-refractivity contribution in [3.8, 4) is 11.1 Å². The van der Waals surface area contributed by atoms with Gasteiger partial charge in [-0.15, -0.1) is 11.8 Å². The number of hydrogen-bond donors (Lipinski definition) is 3. The highest BCUT2D eigenvalue weighted by molar-refractivity contribution is 7.99. The first kappa shape index (κ1) is 35.0. The third-order valence-corrected chi connectivity index (χ3v) is 10.4. The highest BCUT2D eigenvalue weighted by Gasteiger charge is 2.38. The number of hydrogen-bond acceptors (Lipinski definition) is 8. The monoisotopic (exact) mass is 711 g/mol. The number of aliphatic hydroxyl groups is 1. The number of nitrogens with zero attached hydrogens (tertiary/aromatic N) is 2. The lowest BCUT2D eigenvalue weighted by molar-refractivity contribution is -0.268. The minimum Gasteiger partial charge on any atom is -0.478 e. The van der Waals surface area contributed by atoms with E-state index in [0.29, 0.717) is 22.7 Å². The molecule has 6 aromatic rings. The summed E-state index contributed by atoms with van der Waals surface area (Å²) in [6, 6.07) is 38.3. The summed E-state index contributed by atoms with van der Waals surface area (Å²) in [4.78, 5) is 34.2. The third kappa shape index (κ3) is 7.90. The summed E-state index contributed by atoms with van der Waals surface area (Å²) in [5.74, 6) is -0.766. The molecule has 7 rings (SSSR count). The number of carbonyl (C=O) groups is 2. The van der Waals surface area contributed by atoms with Crippen molar-refractivity contribution in [1.82, 2.24) is 15.3 Å². The van der Waals surface area contributed by atoms with Gasteiger partial charge in [-0.05, 0) is 58.1 Å². The van der Waals surface area contributed by atoms with Crippen molar-refractivity contribution in [1.29, 1.82) is 0 Å². The molecule has 10 heteroatoms. The molecule has 4 unspecified atom stereocenters. The topological polar surface area (TPSA) is 131 Å². The number of aliphatic hydroxyl groups excluding tert-OH is 1. The lowest BCUT2D eigenvalue weighted by Crippen LogP contribution is -2.38. The van der Waals surface area contributed by atoms with Crippen LogP contribution in [0.5, 0.6) is 0 Å². The van der Waals surface area contributed by atoms with Gasteiger partial charge in [-0.3, -0.25) is 9.78 Å². The molecule has 4 atom stereocenters. The summed E-state index contributed by atoms with van der Waals surface area (Å²) >= 11 is 1.46. The summed E-state index contributed by atoms with van der Waals surface area (Å²) in [5, 5.41) is 22.3. The average molecular weight is 712 g/mol. The lowest BCUT2D eigenvalue weighted by atomic mass is 9.91. The molecule has 9 nitrogen and oxygen atoms in total. The van der Waals surface area contributed by atoms with Crippen LogP contribution >= 0.6 is 11.8 Å². The molecule has 0 bridgehead atoms. The summed E-state index contributed by atoms with van der Waals surface area (Å²) < 4.78 is 13.2. The van der Waals surface area contributed by atoms with Crippen LogP contribution in [0.4, 0.5) is 0 Å². The molecule has 0 radical (unpaired) electrons. The Bertz CT molecular complexity index is 2190. The van der Waals surface area contributed by atoms with E-state index < -0.39 is 12.3 Å². The van der Waals surface area contributed by atoms with Gasteiger partial charge in [0, 0.05) is 28.7 Å². The molecule has 1 aromatic heterocycles. The van der Waals surface area contributed by atoms with Gasteiger partial charge in [-0.1, -0.05) is 97.9 Å². The zero-order valence-corrected chi connectivity index (χ0v) is 29.2. The fourth-order valence-electron chi connectivity index (χ4n) is 6.28. The molecule has 0 spiro atoms.